The standard InChI is InChI=1S/C22H19F3N6O/c1-13-28-29-21-27-20(19-16(23)5-4-6-17(19)31(13)21)30(12-18(24)25)15-8-10-26-14(11-15)7-9-22(2,3)32/h4-6,8,10-11,18,32H,12H2,1-3H3. The molecule has 0 fully saturated rings. The topological polar surface area (TPSA) is 79.4 Å². The first-order valence-corrected chi connectivity index (χ1v) is 9.71. The SMILES string of the molecule is Cc1nnc2nc(N(CC(F)F)c3ccnc(C#CC(C)(C)O)c3)c3c(F)cccc3n12. The van der Waals surface area contributed by atoms with Crippen LogP contribution in [0.25, 0.3) is 16.7 Å². The summed E-state index contributed by atoms with van der Waals surface area (Å²) in [6.45, 7) is 3.98. The summed E-state index contributed by atoms with van der Waals surface area (Å²) in [5, 5.41) is 17.9. The number of alkyl halides is 2. The lowest BCUT2D eigenvalue weighted by atomic mass is 10.1. The van der Waals surface area contributed by atoms with Gasteiger partial charge in [0, 0.05) is 11.9 Å². The second-order valence-electron chi connectivity index (χ2n) is 7.66. The number of aromatic nitrogens is 5. The van der Waals surface area contributed by atoms with Gasteiger partial charge >= 0.3 is 0 Å². The molecule has 0 saturated carbocycles. The normalized spacial score (nSPS) is 11.8. The van der Waals surface area contributed by atoms with Crippen LogP contribution in [0.15, 0.2) is 36.5 Å². The van der Waals surface area contributed by atoms with Crippen LogP contribution in [-0.2, 0) is 0 Å². The van der Waals surface area contributed by atoms with E-state index in [2.05, 4.69) is 32.0 Å². The van der Waals surface area contributed by atoms with Gasteiger partial charge in [-0.15, -0.1) is 10.2 Å². The maximum absolute atomic E-state index is 15.0. The summed E-state index contributed by atoms with van der Waals surface area (Å²) < 4.78 is 43.8. The molecule has 0 radical (unpaired) electrons. The number of halogens is 3. The van der Waals surface area contributed by atoms with Crippen LogP contribution < -0.4 is 4.90 Å². The molecule has 1 N–H and O–H groups in total. The number of hydrogen-bond acceptors (Lipinski definition) is 6. The predicted molar refractivity (Wildman–Crippen MR) is 113 cm³/mol. The van der Waals surface area contributed by atoms with E-state index in [0.717, 1.165) is 0 Å². The minimum absolute atomic E-state index is 0.0223. The van der Waals surface area contributed by atoms with Crippen molar-refractivity contribution in [3.05, 3.63) is 53.9 Å². The van der Waals surface area contributed by atoms with Crippen LogP contribution in [0, 0.1) is 24.6 Å². The molecule has 4 rings (SSSR count). The van der Waals surface area contributed by atoms with Gasteiger partial charge in [0.2, 0.25) is 0 Å². The molecule has 0 saturated heterocycles. The molecule has 0 aliphatic rings. The molecule has 4 aromatic rings. The van der Waals surface area contributed by atoms with Gasteiger partial charge < -0.3 is 10.0 Å². The van der Waals surface area contributed by atoms with Gasteiger partial charge in [-0.25, -0.2) is 18.2 Å². The zero-order valence-electron chi connectivity index (χ0n) is 17.5. The Bertz CT molecular complexity index is 1370. The smallest absolute Gasteiger partial charge is 0.257 e. The van der Waals surface area contributed by atoms with E-state index in [1.54, 1.807) is 17.4 Å². The average molecular weight is 440 g/mol. The largest absolute Gasteiger partial charge is 0.378 e. The molecular formula is C22H19F3N6O. The van der Waals surface area contributed by atoms with Gasteiger partial charge in [0.05, 0.1) is 17.4 Å². The number of rotatable bonds is 4. The summed E-state index contributed by atoms with van der Waals surface area (Å²) in [4.78, 5) is 9.69. The highest BCUT2D eigenvalue weighted by Gasteiger charge is 2.24. The van der Waals surface area contributed by atoms with Gasteiger partial charge in [-0.3, -0.25) is 4.40 Å². The fraction of sp³-hybridized carbons (Fsp3) is 0.273. The first kappa shape index (κ1) is 21.5. The summed E-state index contributed by atoms with van der Waals surface area (Å²) in [5.41, 5.74) is -0.299. The Hall–Kier alpha value is -3.71. The molecule has 0 spiro atoms. The highest BCUT2D eigenvalue weighted by molar-refractivity contribution is 5.94. The third-order valence-corrected chi connectivity index (χ3v) is 4.60. The fourth-order valence-corrected chi connectivity index (χ4v) is 3.30. The Labute approximate surface area is 181 Å². The van der Waals surface area contributed by atoms with E-state index in [1.807, 2.05) is 0 Å². The van der Waals surface area contributed by atoms with Gasteiger partial charge in [-0.1, -0.05) is 12.0 Å². The lowest BCUT2D eigenvalue weighted by Crippen LogP contribution is -2.26. The summed E-state index contributed by atoms with van der Waals surface area (Å²) in [6.07, 6.45) is -1.34. The molecule has 7 nitrogen and oxygen atoms in total. The van der Waals surface area contributed by atoms with Gasteiger partial charge in [-0.2, -0.15) is 4.98 Å². The Kier molecular flexibility index (Phi) is 5.44. The number of fused-ring (bicyclic) bond motifs is 3. The van der Waals surface area contributed by atoms with E-state index in [1.165, 1.54) is 49.2 Å². The van der Waals surface area contributed by atoms with Crippen molar-refractivity contribution >= 4 is 28.2 Å². The third kappa shape index (κ3) is 4.20. The third-order valence-electron chi connectivity index (χ3n) is 4.60. The number of aliphatic hydroxyl groups is 1. The van der Waals surface area contributed by atoms with Gasteiger partial charge in [0.15, 0.2) is 0 Å². The van der Waals surface area contributed by atoms with Crippen molar-refractivity contribution in [3.8, 4) is 11.8 Å². The number of hydrogen-bond donors (Lipinski definition) is 1. The molecule has 0 unspecified atom stereocenters. The van der Waals surface area contributed by atoms with Crippen molar-refractivity contribution < 1.29 is 18.3 Å². The van der Waals surface area contributed by atoms with Gasteiger partial charge in [0.1, 0.15) is 28.8 Å². The monoisotopic (exact) mass is 440 g/mol. The molecular weight excluding hydrogens is 421 g/mol. The van der Waals surface area contributed by atoms with Crippen molar-refractivity contribution in [1.82, 2.24) is 24.6 Å². The van der Waals surface area contributed by atoms with Crippen LogP contribution >= 0.6 is 0 Å². The van der Waals surface area contributed by atoms with Crippen LogP contribution in [0.5, 0.6) is 0 Å². The highest BCUT2D eigenvalue weighted by atomic mass is 19.3. The highest BCUT2D eigenvalue weighted by Crippen LogP contribution is 2.34. The molecule has 0 amide bonds. The lowest BCUT2D eigenvalue weighted by molar-refractivity contribution is 0.143. The lowest BCUT2D eigenvalue weighted by Gasteiger charge is -2.25. The van der Waals surface area contributed by atoms with Crippen molar-refractivity contribution in [2.75, 3.05) is 11.4 Å². The molecule has 3 aromatic heterocycles. The van der Waals surface area contributed by atoms with Crippen molar-refractivity contribution in [3.63, 3.8) is 0 Å². The summed E-state index contributed by atoms with van der Waals surface area (Å²) in [5.74, 6) is 5.36. The van der Waals surface area contributed by atoms with Crippen molar-refractivity contribution in [1.29, 1.82) is 0 Å². The zero-order valence-corrected chi connectivity index (χ0v) is 17.5. The van der Waals surface area contributed by atoms with Crippen LogP contribution in [0.2, 0.25) is 0 Å². The van der Waals surface area contributed by atoms with Crippen LogP contribution in [0.3, 0.4) is 0 Å². The molecule has 3 heterocycles. The summed E-state index contributed by atoms with van der Waals surface area (Å²) in [7, 11) is 0. The quantitative estimate of drug-likeness (QED) is 0.488. The second-order valence-corrected chi connectivity index (χ2v) is 7.66. The van der Waals surface area contributed by atoms with E-state index in [0.29, 0.717) is 11.3 Å². The molecule has 164 valence electrons. The summed E-state index contributed by atoms with van der Waals surface area (Å²) in [6, 6.07) is 7.40. The number of benzene rings is 1. The van der Waals surface area contributed by atoms with Crippen molar-refractivity contribution in [2.45, 2.75) is 32.8 Å². The van der Waals surface area contributed by atoms with E-state index < -0.39 is 24.4 Å². The van der Waals surface area contributed by atoms with Gasteiger partial charge in [-0.05, 0) is 51.0 Å². The minimum Gasteiger partial charge on any atom is -0.378 e. The Morgan fingerprint density at radius 1 is 1.22 bits per heavy atom. The number of pyridine rings is 1. The van der Waals surface area contributed by atoms with Crippen LogP contribution in [0.1, 0.15) is 25.4 Å². The molecule has 10 heteroatoms. The van der Waals surface area contributed by atoms with E-state index in [9.17, 15) is 18.3 Å². The molecule has 0 bridgehead atoms. The van der Waals surface area contributed by atoms with Gasteiger partial charge in [0.25, 0.3) is 12.2 Å². The number of anilines is 2. The number of aryl methyl sites for hydroxylation is 1. The molecule has 0 aliphatic carbocycles. The first-order valence-electron chi connectivity index (χ1n) is 9.71. The molecule has 0 atom stereocenters. The molecule has 0 aliphatic heterocycles. The van der Waals surface area contributed by atoms with E-state index >= 15 is 0 Å². The Balaban J connectivity index is 1.96. The second kappa shape index (κ2) is 8.09. The average Bonchev–Trinajstić information content (AvgIpc) is 3.11. The Morgan fingerprint density at radius 3 is 2.72 bits per heavy atom. The summed E-state index contributed by atoms with van der Waals surface area (Å²) >= 11 is 0. The minimum atomic E-state index is -2.74. The zero-order chi connectivity index (χ0) is 23.0. The molecule has 1 aromatic carbocycles. The van der Waals surface area contributed by atoms with Crippen molar-refractivity contribution in [2.24, 2.45) is 0 Å². The molecule has 32 heavy (non-hydrogen) atoms. The fourth-order valence-electron chi connectivity index (χ4n) is 3.30. The van der Waals surface area contributed by atoms with Crippen LogP contribution in [-0.4, -0.2) is 48.2 Å². The maximum Gasteiger partial charge on any atom is 0.257 e. The van der Waals surface area contributed by atoms with Crippen LogP contribution in [0.4, 0.5) is 24.7 Å². The number of nitrogens with zero attached hydrogens (tertiary/aromatic N) is 6. The van der Waals surface area contributed by atoms with E-state index in [4.69, 9.17) is 0 Å². The first-order chi connectivity index (χ1) is 15.1. The van der Waals surface area contributed by atoms with E-state index in [-0.39, 0.29) is 28.4 Å². The maximum atomic E-state index is 15.0. The predicted octanol–water partition coefficient (Wildman–Crippen LogP) is 3.65. The Morgan fingerprint density at radius 2 is 2.00 bits per heavy atom.